The Hall–Kier alpha value is 0.200. The molecule has 3 heteroatoms. The molecule has 1 fully saturated rings. The number of esters is 1. The summed E-state index contributed by atoms with van der Waals surface area (Å²) in [7, 11) is 0. The maximum absolute atomic E-state index is 11.4. The van der Waals surface area contributed by atoms with Crippen LogP contribution in [0.5, 0.6) is 0 Å². The molecule has 0 aromatic carbocycles. The highest BCUT2D eigenvalue weighted by Crippen LogP contribution is 2.18. The topological polar surface area (TPSA) is 26.3 Å². The summed E-state index contributed by atoms with van der Waals surface area (Å²) in [5.74, 6) is 0.00658. The predicted octanol–water partition coefficient (Wildman–Crippen LogP) is 5.03. The molecule has 0 aromatic heterocycles. The summed E-state index contributed by atoms with van der Waals surface area (Å²) in [5, 5.41) is 0. The lowest BCUT2D eigenvalue weighted by Gasteiger charge is -2.11. The fraction of sp³-hybridized carbons (Fsp3) is 0.933. The van der Waals surface area contributed by atoms with Crippen LogP contribution in [-0.4, -0.2) is 16.5 Å². The number of halogens is 1. The zero-order valence-corrected chi connectivity index (χ0v) is 13.6. The van der Waals surface area contributed by atoms with Crippen LogP contribution >= 0.6 is 22.6 Å². The largest absolute Gasteiger partial charge is 0.466 e. The van der Waals surface area contributed by atoms with Crippen LogP contribution in [0.1, 0.15) is 77.0 Å². The van der Waals surface area contributed by atoms with Crippen LogP contribution in [-0.2, 0) is 9.53 Å². The van der Waals surface area contributed by atoms with E-state index in [1.165, 1.54) is 57.8 Å². The molecule has 0 bridgehead atoms. The number of hydrogen-bond acceptors (Lipinski definition) is 2. The SMILES string of the molecule is O=C1CCCCCCCCCCC(I)CCCO1. The molecule has 0 saturated carbocycles. The third kappa shape index (κ3) is 9.17. The first-order valence-electron chi connectivity index (χ1n) is 7.59. The lowest BCUT2D eigenvalue weighted by molar-refractivity contribution is -0.143. The standard InChI is InChI=1S/C15H27IO2/c16-14-10-7-5-3-1-2-4-6-8-12-15(17)18-13-9-11-14/h14H,1-13H2. The maximum Gasteiger partial charge on any atom is 0.305 e. The van der Waals surface area contributed by atoms with Gasteiger partial charge in [-0.2, -0.15) is 0 Å². The van der Waals surface area contributed by atoms with Crippen molar-refractivity contribution in [1.82, 2.24) is 0 Å². The molecule has 0 radical (unpaired) electrons. The smallest absolute Gasteiger partial charge is 0.305 e. The molecule has 1 aliphatic rings. The zero-order valence-electron chi connectivity index (χ0n) is 11.5. The molecule has 0 aromatic rings. The van der Waals surface area contributed by atoms with Gasteiger partial charge < -0.3 is 4.74 Å². The molecule has 1 unspecified atom stereocenters. The summed E-state index contributed by atoms with van der Waals surface area (Å²) in [6.07, 6.45) is 14.5. The second-order valence-corrected chi connectivity index (χ2v) is 7.09. The number of rotatable bonds is 0. The number of carbonyl (C=O) groups is 1. The number of alkyl halides is 1. The molecule has 1 rings (SSSR count). The third-order valence-corrected chi connectivity index (χ3v) is 4.82. The van der Waals surface area contributed by atoms with Crippen LogP contribution < -0.4 is 0 Å². The Morgan fingerprint density at radius 1 is 0.833 bits per heavy atom. The van der Waals surface area contributed by atoms with Crippen LogP contribution in [0.3, 0.4) is 0 Å². The van der Waals surface area contributed by atoms with E-state index in [0.29, 0.717) is 13.0 Å². The number of ether oxygens (including phenoxy) is 1. The first-order valence-corrected chi connectivity index (χ1v) is 8.83. The van der Waals surface area contributed by atoms with Crippen molar-refractivity contribution in [1.29, 1.82) is 0 Å². The lowest BCUT2D eigenvalue weighted by Crippen LogP contribution is -2.07. The van der Waals surface area contributed by atoms with Crippen LogP contribution in [0.15, 0.2) is 0 Å². The highest BCUT2D eigenvalue weighted by molar-refractivity contribution is 14.1. The minimum atomic E-state index is 0.00658. The van der Waals surface area contributed by atoms with E-state index < -0.39 is 0 Å². The van der Waals surface area contributed by atoms with E-state index in [1.807, 2.05) is 0 Å². The van der Waals surface area contributed by atoms with Crippen molar-refractivity contribution in [3.63, 3.8) is 0 Å². The van der Waals surface area contributed by atoms with Crippen molar-refractivity contribution >= 4 is 28.6 Å². The van der Waals surface area contributed by atoms with Crippen molar-refractivity contribution in [2.75, 3.05) is 6.61 Å². The summed E-state index contributed by atoms with van der Waals surface area (Å²) < 4.78 is 6.01. The van der Waals surface area contributed by atoms with Gasteiger partial charge in [-0.25, -0.2) is 0 Å². The van der Waals surface area contributed by atoms with Crippen LogP contribution in [0.4, 0.5) is 0 Å². The molecule has 106 valence electrons. The summed E-state index contributed by atoms with van der Waals surface area (Å²) in [6, 6.07) is 0. The Morgan fingerprint density at radius 3 is 2.11 bits per heavy atom. The summed E-state index contributed by atoms with van der Waals surface area (Å²) in [4.78, 5) is 11.4. The van der Waals surface area contributed by atoms with E-state index in [1.54, 1.807) is 0 Å². The molecule has 1 aliphatic heterocycles. The minimum absolute atomic E-state index is 0.00658. The van der Waals surface area contributed by atoms with Gasteiger partial charge in [0.25, 0.3) is 0 Å². The molecule has 1 atom stereocenters. The molecule has 0 amide bonds. The molecular formula is C15H27IO2. The fourth-order valence-electron chi connectivity index (χ4n) is 2.40. The Balaban J connectivity index is 2.20. The van der Waals surface area contributed by atoms with Crippen molar-refractivity contribution in [3.8, 4) is 0 Å². The first-order chi connectivity index (χ1) is 8.79. The Bertz CT molecular complexity index is 219. The zero-order chi connectivity index (χ0) is 13.1. The van der Waals surface area contributed by atoms with Gasteiger partial charge in [-0.3, -0.25) is 4.79 Å². The first kappa shape index (κ1) is 16.3. The van der Waals surface area contributed by atoms with Gasteiger partial charge in [0.2, 0.25) is 0 Å². The van der Waals surface area contributed by atoms with E-state index in [0.717, 1.165) is 16.8 Å². The van der Waals surface area contributed by atoms with E-state index in [4.69, 9.17) is 4.74 Å². The van der Waals surface area contributed by atoms with E-state index >= 15 is 0 Å². The van der Waals surface area contributed by atoms with Gasteiger partial charge in [0, 0.05) is 10.3 Å². The Morgan fingerprint density at radius 2 is 1.39 bits per heavy atom. The molecule has 1 saturated heterocycles. The summed E-state index contributed by atoms with van der Waals surface area (Å²) >= 11 is 2.55. The monoisotopic (exact) mass is 366 g/mol. The number of carbonyl (C=O) groups excluding carboxylic acids is 1. The summed E-state index contributed by atoms with van der Waals surface area (Å²) in [5.41, 5.74) is 0. The van der Waals surface area contributed by atoms with Gasteiger partial charge in [0.1, 0.15) is 0 Å². The molecule has 18 heavy (non-hydrogen) atoms. The molecule has 1 heterocycles. The predicted molar refractivity (Wildman–Crippen MR) is 84.2 cm³/mol. The highest BCUT2D eigenvalue weighted by Gasteiger charge is 2.06. The molecular weight excluding hydrogens is 339 g/mol. The highest BCUT2D eigenvalue weighted by atomic mass is 127. The van der Waals surface area contributed by atoms with E-state index in [9.17, 15) is 4.79 Å². The normalized spacial score (nSPS) is 26.5. The van der Waals surface area contributed by atoms with Crippen LogP contribution in [0.2, 0.25) is 0 Å². The van der Waals surface area contributed by atoms with E-state index in [-0.39, 0.29) is 5.97 Å². The number of hydrogen-bond donors (Lipinski definition) is 0. The van der Waals surface area contributed by atoms with Gasteiger partial charge in [-0.1, -0.05) is 67.5 Å². The third-order valence-electron chi connectivity index (χ3n) is 3.57. The Kier molecular flexibility index (Phi) is 9.99. The maximum atomic E-state index is 11.4. The average Bonchev–Trinajstić information content (AvgIpc) is 2.35. The van der Waals surface area contributed by atoms with Crippen LogP contribution in [0, 0.1) is 0 Å². The molecule has 0 N–H and O–H groups in total. The van der Waals surface area contributed by atoms with Crippen molar-refractivity contribution in [3.05, 3.63) is 0 Å². The second kappa shape index (κ2) is 11.1. The lowest BCUT2D eigenvalue weighted by atomic mass is 10.0. The number of cyclic esters (lactones) is 1. The summed E-state index contributed by atoms with van der Waals surface area (Å²) in [6.45, 7) is 0.623. The Labute approximate surface area is 125 Å². The van der Waals surface area contributed by atoms with Gasteiger partial charge >= 0.3 is 5.97 Å². The van der Waals surface area contributed by atoms with Crippen molar-refractivity contribution in [2.45, 2.75) is 81.0 Å². The quantitative estimate of drug-likeness (QED) is 0.342. The van der Waals surface area contributed by atoms with E-state index in [2.05, 4.69) is 22.6 Å². The average molecular weight is 366 g/mol. The van der Waals surface area contributed by atoms with Gasteiger partial charge in [0.05, 0.1) is 6.61 Å². The van der Waals surface area contributed by atoms with Crippen molar-refractivity contribution in [2.24, 2.45) is 0 Å². The van der Waals surface area contributed by atoms with Crippen molar-refractivity contribution < 1.29 is 9.53 Å². The second-order valence-electron chi connectivity index (χ2n) is 5.33. The van der Waals surface area contributed by atoms with Gasteiger partial charge in [0.15, 0.2) is 0 Å². The molecule has 2 nitrogen and oxygen atoms in total. The molecule has 0 aliphatic carbocycles. The van der Waals surface area contributed by atoms with Gasteiger partial charge in [-0.05, 0) is 25.7 Å². The fourth-order valence-corrected chi connectivity index (χ4v) is 3.28. The van der Waals surface area contributed by atoms with Gasteiger partial charge in [-0.15, -0.1) is 0 Å². The minimum Gasteiger partial charge on any atom is -0.466 e. The van der Waals surface area contributed by atoms with Crippen LogP contribution in [0.25, 0.3) is 0 Å². The molecule has 0 spiro atoms.